The monoisotopic (exact) mass is 501 g/mol. The maximum Gasteiger partial charge on any atom is 0.191 e. The average molecular weight is 502 g/mol. The fourth-order valence-corrected chi connectivity index (χ4v) is 4.51. The molecule has 1 heterocycles. The van der Waals surface area contributed by atoms with Crippen LogP contribution in [0.15, 0.2) is 23.2 Å². The van der Waals surface area contributed by atoms with Crippen LogP contribution in [0, 0.1) is 0 Å². The number of aliphatic imine (C=N–C) groups is 1. The van der Waals surface area contributed by atoms with Crippen molar-refractivity contribution in [2.24, 2.45) is 4.99 Å². The minimum atomic E-state index is -2.91. The second kappa shape index (κ2) is 10.4. The predicted octanol–water partition coefficient (Wildman–Crippen LogP) is 2.25. The first-order chi connectivity index (χ1) is 11.4. The van der Waals surface area contributed by atoms with E-state index in [9.17, 15) is 8.42 Å². The highest BCUT2D eigenvalue weighted by Gasteiger charge is 2.28. The van der Waals surface area contributed by atoms with Gasteiger partial charge in [-0.2, -0.15) is 0 Å². The van der Waals surface area contributed by atoms with Crippen LogP contribution in [0.25, 0.3) is 0 Å². The van der Waals surface area contributed by atoms with Crippen LogP contribution in [-0.4, -0.2) is 52.1 Å². The fourth-order valence-electron chi connectivity index (χ4n) is 2.57. The van der Waals surface area contributed by atoms with E-state index >= 15 is 0 Å². The van der Waals surface area contributed by atoms with E-state index in [-0.39, 0.29) is 41.5 Å². The topological polar surface area (TPSA) is 79.8 Å². The lowest BCUT2D eigenvalue weighted by Crippen LogP contribution is -2.44. The second-order valence-corrected chi connectivity index (χ2v) is 8.35. The standard InChI is InChI=1S/C16H24ClN3O3S.HI/c1-3-18-16(20-13-7-9-24(21,22)11-13)19-8-6-12-4-5-14(23-2)10-15(12)17;/h4-5,10,13H,3,6-9,11H2,1-2H3,(H2,18,19,20);1H. The molecule has 1 fully saturated rings. The van der Waals surface area contributed by atoms with Crippen molar-refractivity contribution in [3.05, 3.63) is 28.8 Å². The van der Waals surface area contributed by atoms with E-state index in [2.05, 4.69) is 15.6 Å². The summed E-state index contributed by atoms with van der Waals surface area (Å²) in [7, 11) is -1.30. The summed E-state index contributed by atoms with van der Waals surface area (Å²) in [5.41, 5.74) is 1.00. The molecule has 25 heavy (non-hydrogen) atoms. The molecule has 142 valence electrons. The molecule has 0 bridgehead atoms. The van der Waals surface area contributed by atoms with E-state index in [1.165, 1.54) is 0 Å². The molecule has 0 aromatic heterocycles. The minimum Gasteiger partial charge on any atom is -0.497 e. The van der Waals surface area contributed by atoms with Gasteiger partial charge in [0.1, 0.15) is 5.75 Å². The first-order valence-corrected chi connectivity index (χ1v) is 10.2. The maximum atomic E-state index is 11.5. The van der Waals surface area contributed by atoms with Crippen LogP contribution in [0.3, 0.4) is 0 Å². The van der Waals surface area contributed by atoms with Gasteiger partial charge in [0, 0.05) is 24.2 Å². The minimum absolute atomic E-state index is 0. The largest absolute Gasteiger partial charge is 0.497 e. The summed E-state index contributed by atoms with van der Waals surface area (Å²) in [5, 5.41) is 7.00. The molecule has 1 atom stereocenters. The molecule has 6 nitrogen and oxygen atoms in total. The van der Waals surface area contributed by atoms with Gasteiger partial charge in [-0.25, -0.2) is 8.42 Å². The highest BCUT2D eigenvalue weighted by atomic mass is 127. The van der Waals surface area contributed by atoms with E-state index < -0.39 is 9.84 Å². The number of hydrogen-bond acceptors (Lipinski definition) is 4. The first-order valence-electron chi connectivity index (χ1n) is 8.01. The van der Waals surface area contributed by atoms with Crippen molar-refractivity contribution < 1.29 is 13.2 Å². The van der Waals surface area contributed by atoms with Gasteiger partial charge in [-0.3, -0.25) is 4.99 Å². The van der Waals surface area contributed by atoms with Gasteiger partial charge in [-0.1, -0.05) is 17.7 Å². The zero-order valence-corrected chi connectivity index (χ0v) is 18.3. The summed E-state index contributed by atoms with van der Waals surface area (Å²) in [6.07, 6.45) is 1.32. The number of benzene rings is 1. The van der Waals surface area contributed by atoms with Crippen LogP contribution in [0.1, 0.15) is 18.9 Å². The van der Waals surface area contributed by atoms with E-state index in [1.807, 2.05) is 19.1 Å². The molecule has 0 saturated carbocycles. The Labute approximate surface area is 171 Å². The Hall–Kier alpha value is -0.740. The highest BCUT2D eigenvalue weighted by Crippen LogP contribution is 2.22. The number of guanidine groups is 1. The molecule has 1 aromatic rings. The molecule has 1 unspecified atom stereocenters. The molecule has 1 aliphatic heterocycles. The van der Waals surface area contributed by atoms with E-state index in [0.29, 0.717) is 36.9 Å². The normalized spacial score (nSPS) is 19.2. The van der Waals surface area contributed by atoms with Crippen LogP contribution >= 0.6 is 35.6 Å². The Bertz CT molecular complexity index is 698. The van der Waals surface area contributed by atoms with Crippen LogP contribution in [-0.2, 0) is 16.3 Å². The summed E-state index contributed by atoms with van der Waals surface area (Å²) in [5.74, 6) is 1.78. The molecule has 9 heteroatoms. The third-order valence-corrected chi connectivity index (χ3v) is 5.95. The van der Waals surface area contributed by atoms with Crippen molar-refractivity contribution in [3.63, 3.8) is 0 Å². The summed E-state index contributed by atoms with van der Waals surface area (Å²) in [6, 6.07) is 5.52. The van der Waals surface area contributed by atoms with E-state index in [4.69, 9.17) is 16.3 Å². The van der Waals surface area contributed by atoms with Gasteiger partial charge in [0.2, 0.25) is 0 Å². The molecule has 2 rings (SSSR count). The van der Waals surface area contributed by atoms with Crippen molar-refractivity contribution in [1.29, 1.82) is 0 Å². The maximum absolute atomic E-state index is 11.5. The van der Waals surface area contributed by atoms with Gasteiger partial charge in [0.25, 0.3) is 0 Å². The second-order valence-electron chi connectivity index (χ2n) is 5.71. The Morgan fingerprint density at radius 2 is 2.20 bits per heavy atom. The summed E-state index contributed by atoms with van der Waals surface area (Å²) >= 11 is 6.23. The van der Waals surface area contributed by atoms with Crippen LogP contribution in [0.2, 0.25) is 5.02 Å². The third-order valence-electron chi connectivity index (χ3n) is 3.83. The van der Waals surface area contributed by atoms with Crippen molar-refractivity contribution in [2.45, 2.75) is 25.8 Å². The SMILES string of the molecule is CCNC(=NCCc1ccc(OC)cc1Cl)NC1CCS(=O)(=O)C1.I. The van der Waals surface area contributed by atoms with Crippen molar-refractivity contribution in [1.82, 2.24) is 10.6 Å². The number of ether oxygens (including phenoxy) is 1. The number of halogens is 2. The number of sulfone groups is 1. The lowest BCUT2D eigenvalue weighted by molar-refractivity contribution is 0.414. The lowest BCUT2D eigenvalue weighted by atomic mass is 10.1. The van der Waals surface area contributed by atoms with Crippen molar-refractivity contribution in [2.75, 3.05) is 31.7 Å². The summed E-state index contributed by atoms with van der Waals surface area (Å²) in [4.78, 5) is 4.51. The molecule has 1 aromatic carbocycles. The van der Waals surface area contributed by atoms with Crippen LogP contribution in [0.4, 0.5) is 0 Å². The third kappa shape index (κ3) is 7.18. The van der Waals surface area contributed by atoms with Crippen molar-refractivity contribution >= 4 is 51.4 Å². The Balaban J connectivity index is 0.00000312. The molecular formula is C16H25ClIN3O3S. The highest BCUT2D eigenvalue weighted by molar-refractivity contribution is 14.0. The van der Waals surface area contributed by atoms with Crippen LogP contribution in [0.5, 0.6) is 5.75 Å². The van der Waals surface area contributed by atoms with Crippen molar-refractivity contribution in [3.8, 4) is 5.75 Å². The molecular weight excluding hydrogens is 477 g/mol. The van der Waals surface area contributed by atoms with Crippen LogP contribution < -0.4 is 15.4 Å². The molecule has 0 spiro atoms. The van der Waals surface area contributed by atoms with Gasteiger partial charge < -0.3 is 15.4 Å². The zero-order chi connectivity index (χ0) is 17.6. The molecule has 1 saturated heterocycles. The molecule has 0 aliphatic carbocycles. The van der Waals surface area contributed by atoms with Gasteiger partial charge in [-0.05, 0) is 37.5 Å². The molecule has 0 radical (unpaired) electrons. The Morgan fingerprint density at radius 1 is 1.44 bits per heavy atom. The molecule has 2 N–H and O–H groups in total. The number of nitrogens with zero attached hydrogens (tertiary/aromatic N) is 1. The molecule has 0 amide bonds. The number of methoxy groups -OCH3 is 1. The Kier molecular flexibility index (Phi) is 9.29. The van der Waals surface area contributed by atoms with Gasteiger partial charge in [0.05, 0.1) is 18.6 Å². The Morgan fingerprint density at radius 3 is 2.76 bits per heavy atom. The fraction of sp³-hybridized carbons (Fsp3) is 0.562. The van der Waals surface area contributed by atoms with Gasteiger partial charge >= 0.3 is 0 Å². The zero-order valence-electron chi connectivity index (χ0n) is 14.4. The summed E-state index contributed by atoms with van der Waals surface area (Å²) in [6.45, 7) is 3.25. The average Bonchev–Trinajstić information content (AvgIpc) is 2.87. The smallest absolute Gasteiger partial charge is 0.191 e. The predicted molar refractivity (Wildman–Crippen MR) is 113 cm³/mol. The van der Waals surface area contributed by atoms with Gasteiger partial charge in [0.15, 0.2) is 15.8 Å². The summed E-state index contributed by atoms with van der Waals surface area (Å²) < 4.78 is 28.2. The quantitative estimate of drug-likeness (QED) is 0.355. The van der Waals surface area contributed by atoms with E-state index in [0.717, 1.165) is 11.3 Å². The number of hydrogen-bond donors (Lipinski definition) is 2. The first kappa shape index (κ1) is 22.3. The van der Waals surface area contributed by atoms with Gasteiger partial charge in [-0.15, -0.1) is 24.0 Å². The lowest BCUT2D eigenvalue weighted by Gasteiger charge is -2.15. The van der Waals surface area contributed by atoms with E-state index in [1.54, 1.807) is 13.2 Å². The molecule has 1 aliphatic rings. The number of nitrogens with one attached hydrogen (secondary N) is 2. The number of rotatable bonds is 6.